The second-order valence-corrected chi connectivity index (χ2v) is 7.09. The fourth-order valence-corrected chi connectivity index (χ4v) is 3.15. The van der Waals surface area contributed by atoms with E-state index >= 15 is 0 Å². The number of hydrogen-bond donors (Lipinski definition) is 1. The molecule has 1 N–H and O–H groups in total. The Morgan fingerprint density at radius 2 is 2.03 bits per heavy atom. The van der Waals surface area contributed by atoms with Gasteiger partial charge in [-0.15, -0.1) is 0 Å². The van der Waals surface area contributed by atoms with Crippen molar-refractivity contribution in [2.75, 3.05) is 34.3 Å². The van der Waals surface area contributed by atoms with Gasteiger partial charge in [0.1, 0.15) is 23.4 Å². The largest absolute Gasteiger partial charge is 0.497 e. The van der Waals surface area contributed by atoms with Crippen LogP contribution in [0.15, 0.2) is 54.9 Å². The Balaban J connectivity index is 1.65. The predicted molar refractivity (Wildman–Crippen MR) is 116 cm³/mol. The summed E-state index contributed by atoms with van der Waals surface area (Å²) in [5.41, 5.74) is 2.32. The smallest absolute Gasteiger partial charge is 0.412 e. The Bertz CT molecular complexity index is 1200. The molecule has 0 saturated heterocycles. The number of hydrogen-bond acceptors (Lipinski definition) is 6. The lowest BCUT2D eigenvalue weighted by atomic mass is 10.2. The van der Waals surface area contributed by atoms with Crippen molar-refractivity contribution < 1.29 is 14.3 Å². The molecule has 0 spiro atoms. The van der Waals surface area contributed by atoms with Crippen molar-refractivity contribution in [2.24, 2.45) is 0 Å². The van der Waals surface area contributed by atoms with Crippen LogP contribution < -0.4 is 14.8 Å². The van der Waals surface area contributed by atoms with E-state index < -0.39 is 6.09 Å². The number of pyridine rings is 1. The second kappa shape index (κ2) is 8.38. The number of fused-ring (bicyclic) bond motifs is 2. The highest BCUT2D eigenvalue weighted by Crippen LogP contribution is 2.27. The van der Waals surface area contributed by atoms with Crippen LogP contribution in [0.3, 0.4) is 0 Å². The van der Waals surface area contributed by atoms with E-state index in [0.29, 0.717) is 23.6 Å². The molecule has 0 unspecified atom stereocenters. The first-order valence-corrected chi connectivity index (χ1v) is 9.57. The molecule has 2 aromatic heterocycles. The molecule has 2 heterocycles. The number of para-hydroxylation sites is 1. The maximum atomic E-state index is 12.2. The molecule has 0 radical (unpaired) electrons. The average molecular weight is 405 g/mol. The maximum absolute atomic E-state index is 12.2. The first kappa shape index (κ1) is 19.7. The Kier molecular flexibility index (Phi) is 5.49. The number of nitrogens with zero attached hydrogens (tertiary/aromatic N) is 4. The number of imidazole rings is 1. The summed E-state index contributed by atoms with van der Waals surface area (Å²) in [6.07, 6.45) is 1.21. The third-order valence-electron chi connectivity index (χ3n) is 4.70. The standard InChI is InChI=1S/C22H23N5O3/c1-26(2)12-11-23-22(28)30-19-6-4-5-15-7-10-20(25-21(15)19)27-14-24-17-13-16(29-3)8-9-18(17)27/h4-10,13-14H,11-12H2,1-3H3,(H,23,28). The molecular weight excluding hydrogens is 382 g/mol. The first-order valence-electron chi connectivity index (χ1n) is 9.57. The molecule has 0 atom stereocenters. The molecule has 8 heteroatoms. The topological polar surface area (TPSA) is 81.5 Å². The third kappa shape index (κ3) is 4.04. The van der Waals surface area contributed by atoms with Gasteiger partial charge in [-0.2, -0.15) is 0 Å². The highest BCUT2D eigenvalue weighted by atomic mass is 16.6. The maximum Gasteiger partial charge on any atom is 0.412 e. The monoisotopic (exact) mass is 405 g/mol. The van der Waals surface area contributed by atoms with Crippen molar-refractivity contribution in [3.8, 4) is 17.3 Å². The number of benzene rings is 2. The molecule has 8 nitrogen and oxygen atoms in total. The van der Waals surface area contributed by atoms with Gasteiger partial charge in [0.25, 0.3) is 0 Å². The number of rotatable bonds is 6. The van der Waals surface area contributed by atoms with E-state index in [0.717, 1.165) is 28.7 Å². The van der Waals surface area contributed by atoms with Crippen LogP contribution in [0, 0.1) is 0 Å². The lowest BCUT2D eigenvalue weighted by molar-refractivity contribution is 0.199. The van der Waals surface area contributed by atoms with Gasteiger partial charge in [0, 0.05) is 24.5 Å². The van der Waals surface area contributed by atoms with Crippen LogP contribution in [-0.4, -0.2) is 59.8 Å². The first-order chi connectivity index (χ1) is 14.5. The number of methoxy groups -OCH3 is 1. The molecule has 1 amide bonds. The Morgan fingerprint density at radius 1 is 1.17 bits per heavy atom. The molecule has 2 aromatic carbocycles. The van der Waals surface area contributed by atoms with Gasteiger partial charge in [0.15, 0.2) is 5.75 Å². The van der Waals surface area contributed by atoms with Crippen molar-refractivity contribution in [3.05, 3.63) is 54.9 Å². The van der Waals surface area contributed by atoms with Gasteiger partial charge in [-0.05, 0) is 44.4 Å². The van der Waals surface area contributed by atoms with Crippen LogP contribution in [0.1, 0.15) is 0 Å². The average Bonchev–Trinajstić information content (AvgIpc) is 3.16. The quantitative estimate of drug-likeness (QED) is 0.530. The van der Waals surface area contributed by atoms with Gasteiger partial charge in [-0.3, -0.25) is 4.57 Å². The number of nitrogens with one attached hydrogen (secondary N) is 1. The number of aromatic nitrogens is 3. The van der Waals surface area contributed by atoms with Crippen LogP contribution >= 0.6 is 0 Å². The van der Waals surface area contributed by atoms with Gasteiger partial charge >= 0.3 is 6.09 Å². The van der Waals surface area contributed by atoms with Crippen molar-refractivity contribution in [3.63, 3.8) is 0 Å². The fourth-order valence-electron chi connectivity index (χ4n) is 3.15. The molecule has 0 aliphatic carbocycles. The van der Waals surface area contributed by atoms with E-state index in [2.05, 4.69) is 10.3 Å². The van der Waals surface area contributed by atoms with Crippen LogP contribution in [-0.2, 0) is 0 Å². The summed E-state index contributed by atoms with van der Waals surface area (Å²) in [6, 6.07) is 15.1. The summed E-state index contributed by atoms with van der Waals surface area (Å²) in [4.78, 5) is 23.4. The van der Waals surface area contributed by atoms with Gasteiger partial charge in [0.05, 0.1) is 18.1 Å². The van der Waals surface area contributed by atoms with E-state index in [1.54, 1.807) is 19.5 Å². The Morgan fingerprint density at radius 3 is 2.83 bits per heavy atom. The highest BCUT2D eigenvalue weighted by molar-refractivity contribution is 5.88. The van der Waals surface area contributed by atoms with E-state index in [1.807, 2.05) is 66.0 Å². The Labute approximate surface area is 174 Å². The summed E-state index contributed by atoms with van der Waals surface area (Å²) in [6.45, 7) is 1.23. The number of carbonyl (C=O) groups excluding carboxylic acids is 1. The van der Waals surface area contributed by atoms with E-state index in [1.165, 1.54) is 0 Å². The summed E-state index contributed by atoms with van der Waals surface area (Å²) in [7, 11) is 5.51. The minimum atomic E-state index is -0.503. The molecule has 0 fully saturated rings. The van der Waals surface area contributed by atoms with Gasteiger partial charge in [-0.25, -0.2) is 14.8 Å². The van der Waals surface area contributed by atoms with Crippen molar-refractivity contribution in [1.29, 1.82) is 0 Å². The van der Waals surface area contributed by atoms with E-state index in [4.69, 9.17) is 14.5 Å². The Hall–Kier alpha value is -3.65. The minimum Gasteiger partial charge on any atom is -0.497 e. The second-order valence-electron chi connectivity index (χ2n) is 7.09. The van der Waals surface area contributed by atoms with E-state index in [-0.39, 0.29) is 0 Å². The summed E-state index contributed by atoms with van der Waals surface area (Å²) < 4.78 is 12.7. The van der Waals surface area contributed by atoms with Gasteiger partial charge in [-0.1, -0.05) is 12.1 Å². The minimum absolute atomic E-state index is 0.405. The molecule has 4 rings (SSSR count). The summed E-state index contributed by atoms with van der Waals surface area (Å²) >= 11 is 0. The van der Waals surface area contributed by atoms with Crippen LogP contribution in [0.5, 0.6) is 11.5 Å². The normalized spacial score (nSPS) is 11.2. The van der Waals surface area contributed by atoms with E-state index in [9.17, 15) is 4.79 Å². The van der Waals surface area contributed by atoms with Crippen LogP contribution in [0.2, 0.25) is 0 Å². The van der Waals surface area contributed by atoms with Crippen LogP contribution in [0.4, 0.5) is 4.79 Å². The number of amides is 1. The molecule has 4 aromatic rings. The van der Waals surface area contributed by atoms with Crippen molar-refractivity contribution >= 4 is 28.0 Å². The van der Waals surface area contributed by atoms with Crippen molar-refractivity contribution in [2.45, 2.75) is 0 Å². The van der Waals surface area contributed by atoms with Gasteiger partial charge in [0.2, 0.25) is 0 Å². The molecule has 154 valence electrons. The molecule has 0 saturated carbocycles. The summed E-state index contributed by atoms with van der Waals surface area (Å²) in [5, 5.41) is 3.62. The molecule has 0 aliphatic heterocycles. The fraction of sp³-hybridized carbons (Fsp3) is 0.227. The molecule has 0 bridgehead atoms. The van der Waals surface area contributed by atoms with Crippen LogP contribution in [0.25, 0.3) is 27.8 Å². The molecule has 0 aliphatic rings. The zero-order valence-electron chi connectivity index (χ0n) is 17.1. The number of likely N-dealkylation sites (N-methyl/N-ethyl adjacent to an activating group) is 1. The lowest BCUT2D eigenvalue weighted by Crippen LogP contribution is -2.33. The lowest BCUT2D eigenvalue weighted by Gasteiger charge is -2.12. The van der Waals surface area contributed by atoms with Crippen molar-refractivity contribution in [1.82, 2.24) is 24.8 Å². The zero-order chi connectivity index (χ0) is 21.1. The predicted octanol–water partition coefficient (Wildman–Crippen LogP) is 3.23. The zero-order valence-corrected chi connectivity index (χ0v) is 17.1. The third-order valence-corrected chi connectivity index (χ3v) is 4.70. The SMILES string of the molecule is COc1ccc2c(c1)ncn2-c1ccc2cccc(OC(=O)NCCN(C)C)c2n1. The summed E-state index contributed by atoms with van der Waals surface area (Å²) in [5.74, 6) is 1.83. The number of carbonyl (C=O) groups is 1. The van der Waals surface area contributed by atoms with Gasteiger partial charge < -0.3 is 19.7 Å². The highest BCUT2D eigenvalue weighted by Gasteiger charge is 2.12. The molecular formula is C22H23N5O3. The molecule has 30 heavy (non-hydrogen) atoms. The number of ether oxygens (including phenoxy) is 2.